The molecule has 28 heavy (non-hydrogen) atoms. The lowest BCUT2D eigenvalue weighted by atomic mass is 10.2. The molecule has 0 saturated carbocycles. The number of nitrogens with one attached hydrogen (secondary N) is 1. The lowest BCUT2D eigenvalue weighted by Crippen LogP contribution is -2.48. The smallest absolute Gasteiger partial charge is 0.257 e. The molecule has 0 bridgehead atoms. The molecule has 0 unspecified atom stereocenters. The first-order valence-electron chi connectivity index (χ1n) is 9.43. The van der Waals surface area contributed by atoms with Crippen molar-refractivity contribution in [3.8, 4) is 0 Å². The van der Waals surface area contributed by atoms with Crippen LogP contribution in [-0.2, 0) is 0 Å². The van der Waals surface area contributed by atoms with Crippen molar-refractivity contribution < 1.29 is 9.18 Å². The molecule has 1 aliphatic heterocycles. The number of benzene rings is 1. The van der Waals surface area contributed by atoms with E-state index in [-0.39, 0.29) is 11.7 Å². The molecule has 1 fully saturated rings. The summed E-state index contributed by atoms with van der Waals surface area (Å²) in [5, 5.41) is 7.31. The van der Waals surface area contributed by atoms with Crippen LogP contribution < -0.4 is 10.2 Å². The van der Waals surface area contributed by atoms with Crippen LogP contribution in [0, 0.1) is 12.7 Å². The van der Waals surface area contributed by atoms with E-state index >= 15 is 0 Å². The summed E-state index contributed by atoms with van der Waals surface area (Å²) >= 11 is 0. The van der Waals surface area contributed by atoms with Crippen molar-refractivity contribution in [2.75, 3.05) is 44.2 Å². The van der Waals surface area contributed by atoms with E-state index in [1.54, 1.807) is 23.0 Å². The number of amides is 1. The number of rotatable bonds is 5. The van der Waals surface area contributed by atoms with E-state index in [9.17, 15) is 9.18 Å². The van der Waals surface area contributed by atoms with Gasteiger partial charge in [0.2, 0.25) is 0 Å². The van der Waals surface area contributed by atoms with Gasteiger partial charge in [-0.3, -0.25) is 9.69 Å². The average Bonchev–Trinajstić information content (AvgIpc) is 3.05. The first kappa shape index (κ1) is 18.4. The van der Waals surface area contributed by atoms with Crippen LogP contribution in [0.1, 0.15) is 16.1 Å². The lowest BCUT2D eigenvalue weighted by Gasteiger charge is -2.36. The summed E-state index contributed by atoms with van der Waals surface area (Å²) in [7, 11) is 0. The highest BCUT2D eigenvalue weighted by atomic mass is 19.1. The molecule has 1 amide bonds. The van der Waals surface area contributed by atoms with Gasteiger partial charge in [-0.1, -0.05) is 0 Å². The van der Waals surface area contributed by atoms with Crippen LogP contribution in [0.3, 0.4) is 0 Å². The molecule has 3 heterocycles. The molecule has 1 N–H and O–H groups in total. The van der Waals surface area contributed by atoms with Crippen LogP contribution >= 0.6 is 0 Å². The van der Waals surface area contributed by atoms with Crippen LogP contribution in [0.4, 0.5) is 10.1 Å². The molecule has 7 nitrogen and oxygen atoms in total. The van der Waals surface area contributed by atoms with Crippen molar-refractivity contribution in [1.29, 1.82) is 0 Å². The van der Waals surface area contributed by atoms with Gasteiger partial charge in [-0.15, -0.1) is 0 Å². The van der Waals surface area contributed by atoms with E-state index in [4.69, 9.17) is 0 Å². The largest absolute Gasteiger partial charge is 0.369 e. The number of fused-ring (bicyclic) bond motifs is 1. The number of anilines is 1. The Bertz CT molecular complexity index is 962. The number of aromatic nitrogens is 3. The Morgan fingerprint density at radius 1 is 1.18 bits per heavy atom. The number of carbonyl (C=O) groups excluding carboxylic acids is 1. The number of hydrogen-bond donors (Lipinski definition) is 1. The maximum absolute atomic E-state index is 13.1. The van der Waals surface area contributed by atoms with Crippen LogP contribution in [0.15, 0.2) is 42.7 Å². The lowest BCUT2D eigenvalue weighted by molar-refractivity contribution is 0.0948. The molecule has 3 aromatic rings. The Kier molecular flexibility index (Phi) is 5.21. The number of aryl methyl sites for hydroxylation is 1. The Labute approximate surface area is 162 Å². The molecule has 2 aromatic heterocycles. The van der Waals surface area contributed by atoms with E-state index < -0.39 is 0 Å². The number of hydrogen-bond acceptors (Lipinski definition) is 5. The van der Waals surface area contributed by atoms with Gasteiger partial charge in [0, 0.05) is 57.3 Å². The summed E-state index contributed by atoms with van der Waals surface area (Å²) in [6, 6.07) is 8.41. The van der Waals surface area contributed by atoms with Gasteiger partial charge < -0.3 is 10.2 Å². The van der Waals surface area contributed by atoms with Gasteiger partial charge in [0.05, 0.1) is 5.69 Å². The highest BCUT2D eigenvalue weighted by Gasteiger charge is 2.19. The fourth-order valence-corrected chi connectivity index (χ4v) is 3.56. The molecular formula is C20H23FN6O. The molecule has 0 spiro atoms. The summed E-state index contributed by atoms with van der Waals surface area (Å²) in [6.45, 7) is 6.76. The second-order valence-corrected chi connectivity index (χ2v) is 6.91. The molecular weight excluding hydrogens is 359 g/mol. The van der Waals surface area contributed by atoms with E-state index in [2.05, 4.69) is 25.2 Å². The first-order chi connectivity index (χ1) is 13.6. The molecule has 0 radical (unpaired) electrons. The number of carbonyl (C=O) groups is 1. The third-order valence-corrected chi connectivity index (χ3v) is 5.08. The van der Waals surface area contributed by atoms with Crippen molar-refractivity contribution in [3.63, 3.8) is 0 Å². The SMILES string of the molecule is Cc1nn2cccnc2c1C(=O)NCCN1CCN(c2ccc(F)cc2)CC1. The summed E-state index contributed by atoms with van der Waals surface area (Å²) in [6.07, 6.45) is 3.44. The van der Waals surface area contributed by atoms with Crippen LogP contribution in [0.5, 0.6) is 0 Å². The normalized spacial score (nSPS) is 15.1. The zero-order chi connectivity index (χ0) is 19.5. The third kappa shape index (κ3) is 3.82. The van der Waals surface area contributed by atoms with Crippen molar-refractivity contribution in [2.45, 2.75) is 6.92 Å². The molecule has 4 rings (SSSR count). The predicted octanol–water partition coefficient (Wildman–Crippen LogP) is 1.73. The summed E-state index contributed by atoms with van der Waals surface area (Å²) in [5.41, 5.74) is 2.82. The minimum absolute atomic E-state index is 0.142. The highest BCUT2D eigenvalue weighted by molar-refractivity contribution is 6.00. The van der Waals surface area contributed by atoms with E-state index in [0.29, 0.717) is 23.4 Å². The van der Waals surface area contributed by atoms with E-state index in [0.717, 1.165) is 38.4 Å². The van der Waals surface area contributed by atoms with Crippen molar-refractivity contribution in [3.05, 3.63) is 59.8 Å². The first-order valence-corrected chi connectivity index (χ1v) is 9.43. The summed E-state index contributed by atoms with van der Waals surface area (Å²) in [4.78, 5) is 21.4. The number of piperazine rings is 1. The number of nitrogens with zero attached hydrogens (tertiary/aromatic N) is 5. The van der Waals surface area contributed by atoms with Gasteiger partial charge >= 0.3 is 0 Å². The maximum atomic E-state index is 13.1. The fraction of sp³-hybridized carbons (Fsp3) is 0.350. The van der Waals surface area contributed by atoms with Gasteiger partial charge in [0.1, 0.15) is 11.4 Å². The van der Waals surface area contributed by atoms with Gasteiger partial charge in [-0.05, 0) is 37.3 Å². The Hall–Kier alpha value is -3.00. The van der Waals surface area contributed by atoms with Gasteiger partial charge in [0.15, 0.2) is 5.65 Å². The topological polar surface area (TPSA) is 65.8 Å². The second-order valence-electron chi connectivity index (χ2n) is 6.91. The Balaban J connectivity index is 1.27. The van der Waals surface area contributed by atoms with Gasteiger partial charge in [0.25, 0.3) is 5.91 Å². The monoisotopic (exact) mass is 382 g/mol. The maximum Gasteiger partial charge on any atom is 0.257 e. The molecule has 8 heteroatoms. The molecule has 1 aromatic carbocycles. The molecule has 0 atom stereocenters. The fourth-order valence-electron chi connectivity index (χ4n) is 3.56. The zero-order valence-electron chi connectivity index (χ0n) is 15.8. The summed E-state index contributed by atoms with van der Waals surface area (Å²) < 4.78 is 14.7. The van der Waals surface area contributed by atoms with Gasteiger partial charge in [-0.2, -0.15) is 5.10 Å². The zero-order valence-corrected chi connectivity index (χ0v) is 15.8. The van der Waals surface area contributed by atoms with Crippen LogP contribution in [0.2, 0.25) is 0 Å². The Morgan fingerprint density at radius 3 is 2.68 bits per heavy atom. The summed E-state index contributed by atoms with van der Waals surface area (Å²) in [5.74, 6) is -0.356. The Morgan fingerprint density at radius 2 is 1.93 bits per heavy atom. The quantitative estimate of drug-likeness (QED) is 0.728. The van der Waals surface area contributed by atoms with E-state index in [1.807, 2.05) is 19.1 Å². The van der Waals surface area contributed by atoms with Crippen molar-refractivity contribution in [1.82, 2.24) is 24.8 Å². The molecule has 0 aliphatic carbocycles. The third-order valence-electron chi connectivity index (χ3n) is 5.08. The van der Waals surface area contributed by atoms with Crippen molar-refractivity contribution >= 4 is 17.2 Å². The minimum Gasteiger partial charge on any atom is -0.369 e. The highest BCUT2D eigenvalue weighted by Crippen LogP contribution is 2.17. The molecule has 146 valence electrons. The molecule has 1 aliphatic rings. The minimum atomic E-state index is -0.213. The number of halogens is 1. The van der Waals surface area contributed by atoms with E-state index in [1.165, 1.54) is 12.1 Å². The van der Waals surface area contributed by atoms with Crippen LogP contribution in [0.25, 0.3) is 5.65 Å². The second kappa shape index (κ2) is 7.93. The van der Waals surface area contributed by atoms with Gasteiger partial charge in [-0.25, -0.2) is 13.9 Å². The van der Waals surface area contributed by atoms with Crippen molar-refractivity contribution in [2.24, 2.45) is 0 Å². The van der Waals surface area contributed by atoms with Crippen LogP contribution in [-0.4, -0.2) is 64.7 Å². The standard InChI is InChI=1S/C20H23FN6O/c1-15-18(19-22-7-2-9-27(19)24-15)20(28)23-8-10-25-11-13-26(14-12-25)17-5-3-16(21)4-6-17/h2-7,9H,8,10-14H2,1H3,(H,23,28). The average molecular weight is 382 g/mol. The predicted molar refractivity (Wildman–Crippen MR) is 105 cm³/mol. The molecule has 1 saturated heterocycles.